The maximum Gasteiger partial charge on any atom is 0.265 e. The van der Waals surface area contributed by atoms with Gasteiger partial charge < -0.3 is 0 Å². The molecule has 1 atom stereocenters. The molecule has 0 spiro atoms. The van der Waals surface area contributed by atoms with E-state index in [0.717, 1.165) is 5.56 Å². The minimum atomic E-state index is -3.61. The molecule has 3 rings (SSSR count). The quantitative estimate of drug-likeness (QED) is 0.798. The Balaban J connectivity index is 1.81. The lowest BCUT2D eigenvalue weighted by Crippen LogP contribution is -2.33. The molecule has 126 valence electrons. The number of halogens is 1. The van der Waals surface area contributed by atoms with Crippen LogP contribution in [0.2, 0.25) is 5.02 Å². The molecule has 2 aromatic carbocycles. The molecule has 24 heavy (non-hydrogen) atoms. The number of sulfonamides is 1. The Morgan fingerprint density at radius 2 is 1.79 bits per heavy atom. The van der Waals surface area contributed by atoms with Crippen LogP contribution in [0.3, 0.4) is 0 Å². The van der Waals surface area contributed by atoms with E-state index in [-0.39, 0.29) is 10.1 Å². The van der Waals surface area contributed by atoms with Gasteiger partial charge in [0.2, 0.25) is 0 Å². The van der Waals surface area contributed by atoms with Gasteiger partial charge in [-0.15, -0.1) is 0 Å². The van der Waals surface area contributed by atoms with E-state index in [9.17, 15) is 8.42 Å². The molecule has 0 fully saturated rings. The molecular formula is C17H17ClN2O2S2. The third-order valence-corrected chi connectivity index (χ3v) is 7.07. The largest absolute Gasteiger partial charge is 0.265 e. The summed E-state index contributed by atoms with van der Waals surface area (Å²) in [7, 11) is -3.61. The molecule has 2 aromatic rings. The van der Waals surface area contributed by atoms with E-state index in [1.54, 1.807) is 12.1 Å². The third-order valence-electron chi connectivity index (χ3n) is 3.72. The SMILES string of the molecule is C[C@H](SC1=NCCN1S(=O)(=O)c1ccc(Cl)cc1)c1ccccc1. The van der Waals surface area contributed by atoms with E-state index >= 15 is 0 Å². The second kappa shape index (κ2) is 7.17. The van der Waals surface area contributed by atoms with Crippen LogP contribution in [0.1, 0.15) is 17.7 Å². The van der Waals surface area contributed by atoms with Gasteiger partial charge in [-0.25, -0.2) is 12.7 Å². The molecule has 0 saturated carbocycles. The molecule has 0 bridgehead atoms. The van der Waals surface area contributed by atoms with Crippen molar-refractivity contribution in [3.05, 3.63) is 65.2 Å². The average Bonchev–Trinajstić information content (AvgIpc) is 3.05. The van der Waals surface area contributed by atoms with Crippen LogP contribution in [-0.4, -0.2) is 31.0 Å². The Morgan fingerprint density at radius 3 is 2.46 bits per heavy atom. The number of benzene rings is 2. The number of rotatable bonds is 4. The number of aliphatic imine (C=N–C) groups is 1. The first-order valence-corrected chi connectivity index (χ1v) is 10.2. The van der Waals surface area contributed by atoms with Crippen LogP contribution in [0.15, 0.2) is 64.5 Å². The standard InChI is InChI=1S/C17H17ClN2O2S2/c1-13(14-5-3-2-4-6-14)23-17-19-11-12-20(17)24(21,22)16-9-7-15(18)8-10-16/h2-10,13H,11-12H2,1H3/t13-/m0/s1. The van der Waals surface area contributed by atoms with Crippen LogP contribution in [0.4, 0.5) is 0 Å². The molecule has 0 radical (unpaired) electrons. The fourth-order valence-electron chi connectivity index (χ4n) is 2.41. The van der Waals surface area contributed by atoms with Crippen molar-refractivity contribution in [1.82, 2.24) is 4.31 Å². The smallest absolute Gasteiger partial charge is 0.260 e. The summed E-state index contributed by atoms with van der Waals surface area (Å²) in [6, 6.07) is 16.2. The summed E-state index contributed by atoms with van der Waals surface area (Å²) < 4.78 is 27.1. The van der Waals surface area contributed by atoms with E-state index in [2.05, 4.69) is 4.99 Å². The van der Waals surface area contributed by atoms with Crippen molar-refractivity contribution in [3.63, 3.8) is 0 Å². The van der Waals surface area contributed by atoms with Crippen molar-refractivity contribution in [2.75, 3.05) is 13.1 Å². The predicted molar refractivity (Wildman–Crippen MR) is 100 cm³/mol. The first kappa shape index (κ1) is 17.3. The molecule has 0 saturated heterocycles. The van der Waals surface area contributed by atoms with E-state index in [0.29, 0.717) is 23.3 Å². The highest BCUT2D eigenvalue weighted by molar-refractivity contribution is 8.15. The van der Waals surface area contributed by atoms with Crippen molar-refractivity contribution < 1.29 is 8.42 Å². The van der Waals surface area contributed by atoms with Crippen molar-refractivity contribution in [3.8, 4) is 0 Å². The molecule has 0 aliphatic carbocycles. The molecule has 1 aliphatic rings. The van der Waals surface area contributed by atoms with E-state index in [1.165, 1.54) is 28.2 Å². The van der Waals surface area contributed by atoms with Gasteiger partial charge in [0.25, 0.3) is 10.0 Å². The normalized spacial score (nSPS) is 16.1. The highest BCUT2D eigenvalue weighted by Crippen LogP contribution is 2.33. The predicted octanol–water partition coefficient (Wildman–Crippen LogP) is 4.19. The van der Waals surface area contributed by atoms with Crippen LogP contribution in [0.25, 0.3) is 0 Å². The number of thioether (sulfide) groups is 1. The summed E-state index contributed by atoms with van der Waals surface area (Å²) in [5.41, 5.74) is 1.14. The molecule has 1 heterocycles. The van der Waals surface area contributed by atoms with Crippen molar-refractivity contribution in [2.24, 2.45) is 4.99 Å². The number of hydrogen-bond acceptors (Lipinski definition) is 4. The van der Waals surface area contributed by atoms with Gasteiger partial charge in [-0.1, -0.05) is 53.7 Å². The zero-order valence-electron chi connectivity index (χ0n) is 13.1. The monoisotopic (exact) mass is 380 g/mol. The second-order valence-corrected chi connectivity index (χ2v) is 8.97. The molecule has 1 aliphatic heterocycles. The summed E-state index contributed by atoms with van der Waals surface area (Å²) >= 11 is 7.31. The highest BCUT2D eigenvalue weighted by Gasteiger charge is 2.32. The van der Waals surface area contributed by atoms with Crippen LogP contribution >= 0.6 is 23.4 Å². The van der Waals surface area contributed by atoms with Crippen LogP contribution in [-0.2, 0) is 10.0 Å². The van der Waals surface area contributed by atoms with Gasteiger partial charge in [0.1, 0.15) is 0 Å². The zero-order valence-corrected chi connectivity index (χ0v) is 15.5. The Bertz CT molecular complexity index is 837. The van der Waals surface area contributed by atoms with Gasteiger partial charge in [0.05, 0.1) is 18.0 Å². The van der Waals surface area contributed by atoms with Crippen LogP contribution in [0, 0.1) is 0 Å². The minimum Gasteiger partial charge on any atom is -0.260 e. The zero-order chi connectivity index (χ0) is 17.2. The average molecular weight is 381 g/mol. The maximum absolute atomic E-state index is 12.9. The number of hydrogen-bond donors (Lipinski definition) is 0. The number of amidine groups is 1. The van der Waals surface area contributed by atoms with Crippen molar-refractivity contribution in [1.29, 1.82) is 0 Å². The molecule has 4 nitrogen and oxygen atoms in total. The Morgan fingerprint density at radius 1 is 1.12 bits per heavy atom. The lowest BCUT2D eigenvalue weighted by Gasteiger charge is -2.22. The molecule has 0 unspecified atom stereocenters. The minimum absolute atomic E-state index is 0.117. The van der Waals surface area contributed by atoms with Crippen LogP contribution in [0.5, 0.6) is 0 Å². The van der Waals surface area contributed by atoms with Crippen molar-refractivity contribution >= 4 is 38.6 Å². The van der Waals surface area contributed by atoms with E-state index in [1.807, 2.05) is 37.3 Å². The highest BCUT2D eigenvalue weighted by atomic mass is 35.5. The van der Waals surface area contributed by atoms with E-state index in [4.69, 9.17) is 11.6 Å². The Hall–Kier alpha value is -1.50. The lowest BCUT2D eigenvalue weighted by atomic mass is 10.2. The van der Waals surface area contributed by atoms with Gasteiger partial charge in [0, 0.05) is 10.3 Å². The van der Waals surface area contributed by atoms with Gasteiger partial charge in [-0.2, -0.15) is 0 Å². The summed E-state index contributed by atoms with van der Waals surface area (Å²) in [4.78, 5) is 4.62. The number of nitrogens with zero attached hydrogens (tertiary/aromatic N) is 2. The molecular weight excluding hydrogens is 364 g/mol. The summed E-state index contributed by atoms with van der Waals surface area (Å²) in [6.07, 6.45) is 0. The van der Waals surface area contributed by atoms with Gasteiger partial charge in [-0.05, 0) is 36.8 Å². The Labute approximate surface area is 151 Å². The van der Waals surface area contributed by atoms with Gasteiger partial charge in [0.15, 0.2) is 5.17 Å². The second-order valence-electron chi connectivity index (χ2n) is 5.37. The maximum atomic E-state index is 12.9. The fourth-order valence-corrected chi connectivity index (χ4v) is 5.27. The Kier molecular flexibility index (Phi) is 5.18. The fraction of sp³-hybridized carbons (Fsp3) is 0.235. The third kappa shape index (κ3) is 3.61. The first-order chi connectivity index (χ1) is 11.5. The summed E-state index contributed by atoms with van der Waals surface area (Å²) in [5, 5.41) is 1.17. The summed E-state index contributed by atoms with van der Waals surface area (Å²) in [5.74, 6) is 0. The van der Waals surface area contributed by atoms with Crippen LogP contribution < -0.4 is 0 Å². The van der Waals surface area contributed by atoms with Crippen molar-refractivity contribution in [2.45, 2.75) is 17.1 Å². The van der Waals surface area contributed by atoms with E-state index < -0.39 is 10.0 Å². The summed E-state index contributed by atoms with van der Waals surface area (Å²) in [6.45, 7) is 2.90. The molecule has 0 N–H and O–H groups in total. The molecule has 7 heteroatoms. The van der Waals surface area contributed by atoms with Gasteiger partial charge in [-0.3, -0.25) is 4.99 Å². The topological polar surface area (TPSA) is 49.7 Å². The first-order valence-electron chi connectivity index (χ1n) is 7.53. The molecule has 0 aromatic heterocycles. The molecule has 0 amide bonds. The lowest BCUT2D eigenvalue weighted by molar-refractivity contribution is 0.540. The van der Waals surface area contributed by atoms with Gasteiger partial charge >= 0.3 is 0 Å².